The van der Waals surface area contributed by atoms with Crippen molar-refractivity contribution in [1.29, 1.82) is 0 Å². The Hall–Kier alpha value is -3.98. The minimum atomic E-state index is -0.544. The quantitative estimate of drug-likeness (QED) is 0.322. The fraction of sp³-hybridized carbons (Fsp3) is 0.308. The van der Waals surface area contributed by atoms with Gasteiger partial charge in [0.25, 0.3) is 11.6 Å². The fourth-order valence-corrected chi connectivity index (χ4v) is 4.08. The van der Waals surface area contributed by atoms with Gasteiger partial charge in [0.15, 0.2) is 0 Å². The Morgan fingerprint density at radius 1 is 1.00 bits per heavy atom. The molecule has 2 amide bonds. The summed E-state index contributed by atoms with van der Waals surface area (Å²) in [5, 5.41) is 11.2. The molecule has 0 N–H and O–H groups in total. The molecule has 0 bridgehead atoms. The zero-order valence-corrected chi connectivity index (χ0v) is 19.2. The number of non-ortho nitro benzene ring substituents is 1. The van der Waals surface area contributed by atoms with E-state index in [-0.39, 0.29) is 42.9 Å². The van der Waals surface area contributed by atoms with E-state index in [4.69, 9.17) is 9.15 Å². The Balaban J connectivity index is 1.56. The molecule has 4 rings (SSSR count). The Morgan fingerprint density at radius 3 is 2.51 bits per heavy atom. The molecule has 0 aliphatic carbocycles. The maximum absolute atomic E-state index is 13.5. The Labute approximate surface area is 203 Å². The maximum atomic E-state index is 13.5. The van der Waals surface area contributed by atoms with E-state index in [2.05, 4.69) is 0 Å². The molecule has 1 atom stereocenters. The number of hydrogen-bond acceptors (Lipinski definition) is 6. The molecule has 35 heavy (non-hydrogen) atoms. The van der Waals surface area contributed by atoms with Crippen LogP contribution in [0.1, 0.15) is 34.5 Å². The van der Waals surface area contributed by atoms with Gasteiger partial charge in [-0.3, -0.25) is 19.7 Å². The smallest absolute Gasteiger partial charge is 0.270 e. The molecule has 1 aliphatic rings. The molecule has 2 heterocycles. The summed E-state index contributed by atoms with van der Waals surface area (Å²) in [5.41, 5.74) is 0.927. The third-order valence-electron chi connectivity index (χ3n) is 5.86. The lowest BCUT2D eigenvalue weighted by atomic mass is 10.1. The molecule has 9 nitrogen and oxygen atoms in total. The van der Waals surface area contributed by atoms with Crippen LogP contribution in [0.2, 0.25) is 0 Å². The normalized spacial score (nSPS) is 15.0. The molecule has 182 valence electrons. The Kier molecular flexibility index (Phi) is 7.89. The number of nitrogens with zero attached hydrogens (tertiary/aromatic N) is 3. The number of carbonyl (C=O) groups is 2. The number of benzene rings is 2. The lowest BCUT2D eigenvalue weighted by Gasteiger charge is -2.29. The lowest BCUT2D eigenvalue weighted by molar-refractivity contribution is -0.384. The predicted molar refractivity (Wildman–Crippen MR) is 127 cm³/mol. The maximum Gasteiger partial charge on any atom is 0.270 e. The first-order valence-corrected chi connectivity index (χ1v) is 11.5. The van der Waals surface area contributed by atoms with E-state index in [1.54, 1.807) is 23.3 Å². The van der Waals surface area contributed by atoms with Crippen LogP contribution < -0.4 is 0 Å². The van der Waals surface area contributed by atoms with Crippen LogP contribution in [0, 0.1) is 10.1 Å². The second-order valence-corrected chi connectivity index (χ2v) is 8.44. The van der Waals surface area contributed by atoms with E-state index in [1.807, 2.05) is 30.3 Å². The summed E-state index contributed by atoms with van der Waals surface area (Å²) in [5.74, 6) is -0.0813. The average Bonchev–Trinajstić information content (AvgIpc) is 3.58. The van der Waals surface area contributed by atoms with Crippen LogP contribution in [0.15, 0.2) is 77.4 Å². The van der Waals surface area contributed by atoms with E-state index in [0.717, 1.165) is 18.4 Å². The average molecular weight is 478 g/mol. The van der Waals surface area contributed by atoms with Crippen LogP contribution >= 0.6 is 0 Å². The van der Waals surface area contributed by atoms with Gasteiger partial charge < -0.3 is 19.0 Å². The third-order valence-corrected chi connectivity index (χ3v) is 5.86. The van der Waals surface area contributed by atoms with Gasteiger partial charge in [0, 0.05) is 37.4 Å². The molecule has 3 aromatic rings. The molecule has 1 fully saturated rings. The minimum absolute atomic E-state index is 0.158. The second kappa shape index (κ2) is 11.4. The highest BCUT2D eigenvalue weighted by molar-refractivity contribution is 5.97. The van der Waals surface area contributed by atoms with Gasteiger partial charge in [0.2, 0.25) is 5.91 Å². The van der Waals surface area contributed by atoms with Crippen LogP contribution in [0.4, 0.5) is 5.69 Å². The van der Waals surface area contributed by atoms with Crippen molar-refractivity contribution >= 4 is 17.5 Å². The van der Waals surface area contributed by atoms with Gasteiger partial charge in [0.05, 0.1) is 23.8 Å². The van der Waals surface area contributed by atoms with Crippen molar-refractivity contribution in [3.8, 4) is 0 Å². The number of ether oxygens (including phenoxy) is 1. The summed E-state index contributed by atoms with van der Waals surface area (Å²) in [6.45, 7) is 1.25. The molecule has 0 radical (unpaired) electrons. The van der Waals surface area contributed by atoms with Crippen LogP contribution in [0.3, 0.4) is 0 Å². The minimum Gasteiger partial charge on any atom is -0.467 e. The summed E-state index contributed by atoms with van der Waals surface area (Å²) in [7, 11) is 0. The number of rotatable bonds is 10. The molecule has 1 aliphatic heterocycles. The van der Waals surface area contributed by atoms with Crippen molar-refractivity contribution in [2.75, 3.05) is 19.7 Å². The Bertz CT molecular complexity index is 1140. The van der Waals surface area contributed by atoms with Crippen LogP contribution in [-0.2, 0) is 22.6 Å². The van der Waals surface area contributed by atoms with Gasteiger partial charge in [-0.1, -0.05) is 36.4 Å². The monoisotopic (exact) mass is 477 g/mol. The number of amides is 2. The topological polar surface area (TPSA) is 106 Å². The number of nitro groups is 1. The van der Waals surface area contributed by atoms with Crippen LogP contribution in [0.25, 0.3) is 0 Å². The summed E-state index contributed by atoms with van der Waals surface area (Å²) in [6.07, 6.45) is 3.04. The Morgan fingerprint density at radius 2 is 1.83 bits per heavy atom. The first-order chi connectivity index (χ1) is 17.0. The van der Waals surface area contributed by atoms with Crippen molar-refractivity contribution in [3.63, 3.8) is 0 Å². The van der Waals surface area contributed by atoms with E-state index in [1.165, 1.54) is 29.2 Å². The molecule has 9 heteroatoms. The fourth-order valence-electron chi connectivity index (χ4n) is 4.08. The van der Waals surface area contributed by atoms with E-state index < -0.39 is 10.8 Å². The largest absolute Gasteiger partial charge is 0.467 e. The standard InChI is InChI=1S/C26H27N3O6/c30-25(27(17-23-11-5-13-34-23)16-20-7-2-1-3-8-20)19-28(18-24-12-6-14-35-24)26(31)21-9-4-10-22(15-21)29(32)33/h1-5,7-11,13,15,24H,6,12,14,16-19H2/t24-/m1/s1. The van der Waals surface area contributed by atoms with Crippen molar-refractivity contribution in [2.24, 2.45) is 0 Å². The lowest BCUT2D eigenvalue weighted by Crippen LogP contribution is -2.45. The van der Waals surface area contributed by atoms with Crippen LogP contribution in [0.5, 0.6) is 0 Å². The molecule has 1 saturated heterocycles. The summed E-state index contributed by atoms with van der Waals surface area (Å²) >= 11 is 0. The first-order valence-electron chi connectivity index (χ1n) is 11.5. The van der Waals surface area contributed by atoms with E-state index in [9.17, 15) is 19.7 Å². The highest BCUT2D eigenvalue weighted by Gasteiger charge is 2.28. The molecule has 0 spiro atoms. The molecular weight excluding hydrogens is 450 g/mol. The predicted octanol–water partition coefficient (Wildman–Crippen LogP) is 4.04. The third kappa shape index (κ3) is 6.54. The molecular formula is C26H27N3O6. The molecule has 0 saturated carbocycles. The van der Waals surface area contributed by atoms with Crippen molar-refractivity contribution in [1.82, 2.24) is 9.80 Å². The highest BCUT2D eigenvalue weighted by Crippen LogP contribution is 2.19. The zero-order chi connectivity index (χ0) is 24.6. The zero-order valence-electron chi connectivity index (χ0n) is 19.2. The highest BCUT2D eigenvalue weighted by atomic mass is 16.6. The van der Waals surface area contributed by atoms with Crippen LogP contribution in [-0.4, -0.2) is 52.3 Å². The molecule has 2 aromatic carbocycles. The summed E-state index contributed by atoms with van der Waals surface area (Å²) in [6, 6.07) is 18.7. The van der Waals surface area contributed by atoms with Gasteiger partial charge in [-0.05, 0) is 36.6 Å². The summed E-state index contributed by atoms with van der Waals surface area (Å²) in [4.78, 5) is 40.6. The molecule has 0 unspecified atom stereocenters. The first kappa shape index (κ1) is 24.2. The van der Waals surface area contributed by atoms with E-state index in [0.29, 0.717) is 18.9 Å². The van der Waals surface area contributed by atoms with Gasteiger partial charge in [-0.25, -0.2) is 0 Å². The van der Waals surface area contributed by atoms with Gasteiger partial charge in [-0.2, -0.15) is 0 Å². The van der Waals surface area contributed by atoms with Crippen molar-refractivity contribution in [3.05, 3.63) is 100.0 Å². The van der Waals surface area contributed by atoms with E-state index >= 15 is 0 Å². The van der Waals surface area contributed by atoms with Gasteiger partial charge in [-0.15, -0.1) is 0 Å². The number of carbonyl (C=O) groups excluding carboxylic acids is 2. The van der Waals surface area contributed by atoms with Crippen molar-refractivity contribution in [2.45, 2.75) is 32.0 Å². The SMILES string of the molecule is O=C(CN(C[C@H]1CCCO1)C(=O)c1cccc([N+](=O)[O-])c1)N(Cc1ccccc1)Cc1ccco1. The number of hydrogen-bond donors (Lipinski definition) is 0. The number of nitro benzene ring substituents is 1. The van der Waals surface area contributed by atoms with Gasteiger partial charge in [0.1, 0.15) is 12.3 Å². The molecule has 1 aromatic heterocycles. The van der Waals surface area contributed by atoms with Crippen molar-refractivity contribution < 1.29 is 23.7 Å². The number of furan rings is 1. The second-order valence-electron chi connectivity index (χ2n) is 8.44. The van der Waals surface area contributed by atoms with Gasteiger partial charge >= 0.3 is 0 Å². The summed E-state index contributed by atoms with van der Waals surface area (Å²) < 4.78 is 11.2.